The number of carbonyl (C=O) groups excluding carboxylic acids is 1. The molecule has 0 saturated heterocycles. The van der Waals surface area contributed by atoms with Crippen LogP contribution in [0.25, 0.3) is 23.1 Å². The maximum Gasteiger partial charge on any atom is 0.320 e. The van der Waals surface area contributed by atoms with Gasteiger partial charge in [-0.25, -0.2) is 0 Å². The number of Topliss-reactive ketones (excluding diaryl/α,β-unsaturated/α-hetero) is 1. The predicted molar refractivity (Wildman–Crippen MR) is 114 cm³/mol. The van der Waals surface area contributed by atoms with Gasteiger partial charge in [-0.3, -0.25) is 9.59 Å². The van der Waals surface area contributed by atoms with Crippen molar-refractivity contribution in [3.05, 3.63) is 71.4 Å². The highest BCUT2D eigenvalue weighted by atomic mass is 16.4. The molecule has 1 heterocycles. The Kier molecular flexibility index (Phi) is 6.04. The van der Waals surface area contributed by atoms with Crippen molar-refractivity contribution >= 4 is 40.5 Å². The Hall–Kier alpha value is -3.51. The molecule has 6 heteroatoms. The molecular formula is C23H24N3O3+. The van der Waals surface area contributed by atoms with Gasteiger partial charge in [-0.2, -0.15) is 4.57 Å². The van der Waals surface area contributed by atoms with Gasteiger partial charge in [0.05, 0.1) is 5.39 Å². The van der Waals surface area contributed by atoms with E-state index in [0.29, 0.717) is 11.4 Å². The summed E-state index contributed by atoms with van der Waals surface area (Å²) in [7, 11) is 1.83. The van der Waals surface area contributed by atoms with Gasteiger partial charge in [0.15, 0.2) is 0 Å². The van der Waals surface area contributed by atoms with E-state index in [4.69, 9.17) is 16.6 Å². The highest BCUT2D eigenvalue weighted by Gasteiger charge is 2.23. The molecule has 2 aromatic carbocycles. The van der Waals surface area contributed by atoms with Gasteiger partial charge >= 0.3 is 5.97 Å². The van der Waals surface area contributed by atoms with Crippen LogP contribution in [0.2, 0.25) is 0 Å². The number of carboxylic acids is 1. The van der Waals surface area contributed by atoms with Crippen LogP contribution in [0.1, 0.15) is 34.5 Å². The molecule has 0 bridgehead atoms. The SMILES string of the molecule is C[n+]1c(C(=O)CCC(N)C(=O)O)cc(C=Cc2ccc(N)cc2)c2ccccc21. The van der Waals surface area contributed by atoms with Gasteiger partial charge in [0.25, 0.3) is 0 Å². The van der Waals surface area contributed by atoms with Crippen molar-refractivity contribution in [2.24, 2.45) is 12.8 Å². The summed E-state index contributed by atoms with van der Waals surface area (Å²) in [5.41, 5.74) is 15.3. The number of ketones is 1. The minimum atomic E-state index is -1.10. The maximum atomic E-state index is 12.8. The Morgan fingerprint density at radius 1 is 1.10 bits per heavy atom. The number of benzene rings is 2. The molecule has 29 heavy (non-hydrogen) atoms. The van der Waals surface area contributed by atoms with Crippen LogP contribution in [-0.4, -0.2) is 22.9 Å². The molecule has 3 rings (SSSR count). The number of pyridine rings is 1. The molecule has 0 fully saturated rings. The smallest absolute Gasteiger partial charge is 0.320 e. The van der Waals surface area contributed by atoms with Crippen LogP contribution in [0.5, 0.6) is 0 Å². The Balaban J connectivity index is 1.98. The molecule has 148 valence electrons. The van der Waals surface area contributed by atoms with Gasteiger partial charge < -0.3 is 16.6 Å². The van der Waals surface area contributed by atoms with Gasteiger partial charge in [-0.05, 0) is 35.7 Å². The number of hydrogen-bond donors (Lipinski definition) is 3. The van der Waals surface area contributed by atoms with E-state index >= 15 is 0 Å². The molecule has 0 saturated carbocycles. The van der Waals surface area contributed by atoms with Crippen LogP contribution in [0.15, 0.2) is 54.6 Å². The Morgan fingerprint density at radius 2 is 1.79 bits per heavy atom. The van der Waals surface area contributed by atoms with Crippen LogP contribution >= 0.6 is 0 Å². The average molecular weight is 390 g/mol. The van der Waals surface area contributed by atoms with Crippen molar-refractivity contribution in [1.82, 2.24) is 0 Å². The Morgan fingerprint density at radius 3 is 2.48 bits per heavy atom. The van der Waals surface area contributed by atoms with Crippen molar-refractivity contribution in [1.29, 1.82) is 0 Å². The molecule has 0 aliphatic heterocycles. The van der Waals surface area contributed by atoms with Crippen LogP contribution in [-0.2, 0) is 11.8 Å². The summed E-state index contributed by atoms with van der Waals surface area (Å²) in [6.45, 7) is 0. The van der Waals surface area contributed by atoms with Crippen LogP contribution in [0, 0.1) is 0 Å². The molecule has 0 spiro atoms. The highest BCUT2D eigenvalue weighted by Crippen LogP contribution is 2.21. The van der Waals surface area contributed by atoms with E-state index in [1.807, 2.05) is 78.4 Å². The molecule has 0 radical (unpaired) electrons. The lowest BCUT2D eigenvalue weighted by molar-refractivity contribution is -0.646. The lowest BCUT2D eigenvalue weighted by atomic mass is 10.0. The number of hydrogen-bond acceptors (Lipinski definition) is 4. The van der Waals surface area contributed by atoms with E-state index < -0.39 is 12.0 Å². The minimum absolute atomic E-state index is 0.0702. The first-order valence-electron chi connectivity index (χ1n) is 9.34. The number of carbonyl (C=O) groups is 2. The van der Waals surface area contributed by atoms with Crippen molar-refractivity contribution in [3.63, 3.8) is 0 Å². The predicted octanol–water partition coefficient (Wildman–Crippen LogP) is 2.79. The zero-order valence-electron chi connectivity index (χ0n) is 16.2. The third-order valence-corrected chi connectivity index (χ3v) is 4.91. The average Bonchev–Trinajstić information content (AvgIpc) is 2.72. The lowest BCUT2D eigenvalue weighted by Gasteiger charge is -2.08. The monoisotopic (exact) mass is 390 g/mol. The molecule has 6 nitrogen and oxygen atoms in total. The third kappa shape index (κ3) is 4.67. The number of carboxylic acid groups (broad SMARTS) is 1. The zero-order valence-corrected chi connectivity index (χ0v) is 16.2. The minimum Gasteiger partial charge on any atom is -0.480 e. The number of aryl methyl sites for hydroxylation is 1. The fraction of sp³-hybridized carbons (Fsp3) is 0.174. The summed E-state index contributed by atoms with van der Waals surface area (Å²) in [5.74, 6) is -1.25. The number of nitrogens with two attached hydrogens (primary N) is 2. The second-order valence-electron chi connectivity index (χ2n) is 6.97. The summed E-state index contributed by atoms with van der Waals surface area (Å²) >= 11 is 0. The second kappa shape index (κ2) is 8.67. The molecule has 5 N–H and O–H groups in total. The van der Waals surface area contributed by atoms with Gasteiger partial charge in [0, 0.05) is 24.2 Å². The first-order valence-corrected chi connectivity index (χ1v) is 9.34. The highest BCUT2D eigenvalue weighted by molar-refractivity contribution is 5.97. The number of para-hydroxylation sites is 1. The first kappa shape index (κ1) is 20.2. The van der Waals surface area contributed by atoms with Gasteiger partial charge in [0.2, 0.25) is 17.0 Å². The largest absolute Gasteiger partial charge is 0.480 e. The van der Waals surface area contributed by atoms with E-state index in [1.54, 1.807) is 0 Å². The maximum absolute atomic E-state index is 12.8. The standard InChI is InChI=1S/C23H23N3O3/c1-26-20-5-3-2-4-18(20)16(9-6-15-7-10-17(24)11-8-15)14-21(26)22(27)13-12-19(25)23(28)29/h2-11,14,19,24H,12-13,25H2,1H3,(H,28,29)/p+1. The number of nitrogen functional groups attached to an aromatic ring is 1. The Bertz CT molecular complexity index is 1090. The van der Waals surface area contributed by atoms with Crippen molar-refractivity contribution in [2.75, 3.05) is 5.73 Å². The quantitative estimate of drug-likeness (QED) is 0.326. The van der Waals surface area contributed by atoms with E-state index in [-0.39, 0.29) is 18.6 Å². The number of anilines is 1. The van der Waals surface area contributed by atoms with Crippen molar-refractivity contribution in [3.8, 4) is 0 Å². The van der Waals surface area contributed by atoms with E-state index in [2.05, 4.69) is 0 Å². The number of rotatable bonds is 7. The summed E-state index contributed by atoms with van der Waals surface area (Å²) in [5, 5.41) is 9.96. The van der Waals surface area contributed by atoms with Crippen LogP contribution in [0.3, 0.4) is 0 Å². The van der Waals surface area contributed by atoms with Crippen LogP contribution in [0.4, 0.5) is 5.69 Å². The van der Waals surface area contributed by atoms with Gasteiger partial charge in [0.1, 0.15) is 13.1 Å². The van der Waals surface area contributed by atoms with Crippen molar-refractivity contribution < 1.29 is 19.3 Å². The lowest BCUT2D eigenvalue weighted by Crippen LogP contribution is -2.38. The van der Waals surface area contributed by atoms with Crippen molar-refractivity contribution in [2.45, 2.75) is 18.9 Å². The summed E-state index contributed by atoms with van der Waals surface area (Å²) in [6.07, 6.45) is 4.10. The molecule has 1 unspecified atom stereocenters. The topological polar surface area (TPSA) is 110 Å². The number of aliphatic carboxylic acids is 1. The number of fused-ring (bicyclic) bond motifs is 1. The Labute approximate surface area is 169 Å². The molecule has 1 atom stereocenters. The van der Waals surface area contributed by atoms with E-state index in [9.17, 15) is 9.59 Å². The zero-order chi connectivity index (χ0) is 21.0. The van der Waals surface area contributed by atoms with Gasteiger partial charge in [-0.1, -0.05) is 36.4 Å². The number of aromatic nitrogens is 1. The molecular weight excluding hydrogens is 366 g/mol. The summed E-state index contributed by atoms with van der Waals surface area (Å²) in [4.78, 5) is 23.7. The molecule has 1 aromatic heterocycles. The second-order valence-corrected chi connectivity index (χ2v) is 6.97. The van der Waals surface area contributed by atoms with Gasteiger partial charge in [-0.15, -0.1) is 0 Å². The van der Waals surface area contributed by atoms with Crippen LogP contribution < -0.4 is 16.0 Å². The molecule has 3 aromatic rings. The molecule has 0 amide bonds. The third-order valence-electron chi connectivity index (χ3n) is 4.91. The molecule has 0 aliphatic rings. The summed E-state index contributed by atoms with van der Waals surface area (Å²) in [6, 6.07) is 16.2. The number of nitrogens with zero attached hydrogens (tertiary/aromatic N) is 1. The van der Waals surface area contributed by atoms with E-state index in [0.717, 1.165) is 22.0 Å². The normalized spacial score (nSPS) is 12.3. The molecule has 0 aliphatic carbocycles. The van der Waals surface area contributed by atoms with E-state index in [1.165, 1.54) is 0 Å². The first-order chi connectivity index (χ1) is 13.9. The summed E-state index contributed by atoms with van der Waals surface area (Å²) < 4.78 is 1.84. The fourth-order valence-corrected chi connectivity index (χ4v) is 3.20. The fourth-order valence-electron chi connectivity index (χ4n) is 3.20.